The number of Topliss-reactive ketones (excluding diaryl/α,β-unsaturated/α-hetero) is 1. The summed E-state index contributed by atoms with van der Waals surface area (Å²) < 4.78 is 15.0. The van der Waals surface area contributed by atoms with Crippen LogP contribution < -0.4 is 0 Å². The number of rotatable bonds is 4. The van der Waals surface area contributed by atoms with Gasteiger partial charge in [0.25, 0.3) is 0 Å². The Balaban J connectivity index is 2.01. The Bertz CT molecular complexity index is 993. The minimum absolute atomic E-state index is 0.00555. The van der Waals surface area contributed by atoms with E-state index in [1.165, 1.54) is 35.6 Å². The first-order valence-corrected chi connectivity index (χ1v) is 8.40. The lowest BCUT2D eigenvalue weighted by Gasteiger charge is -2.04. The number of thiazole rings is 1. The molecular formula is C19H14FN3OS. The summed E-state index contributed by atoms with van der Waals surface area (Å²) in [6, 6.07) is 9.02. The van der Waals surface area contributed by atoms with Gasteiger partial charge in [-0.15, -0.1) is 11.3 Å². The number of hydrogen-bond donors (Lipinski definition) is 0. The lowest BCUT2D eigenvalue weighted by Crippen LogP contribution is -2.02. The summed E-state index contributed by atoms with van der Waals surface area (Å²) in [6.07, 6.45) is 3.30. The number of allylic oxidation sites excluding steroid dienone is 1. The van der Waals surface area contributed by atoms with Crippen molar-refractivity contribution >= 4 is 23.2 Å². The highest BCUT2D eigenvalue weighted by atomic mass is 32.1. The molecule has 4 nitrogen and oxygen atoms in total. The average Bonchev–Trinajstić information content (AvgIpc) is 3.21. The molecule has 0 atom stereocenters. The second-order valence-electron chi connectivity index (χ2n) is 5.48. The van der Waals surface area contributed by atoms with Gasteiger partial charge < -0.3 is 0 Å². The summed E-state index contributed by atoms with van der Waals surface area (Å²) in [7, 11) is 0. The molecule has 3 rings (SSSR count). The van der Waals surface area contributed by atoms with Crippen LogP contribution in [0.3, 0.4) is 0 Å². The number of carbonyl (C=O) groups is 1. The van der Waals surface area contributed by atoms with Crippen LogP contribution in [0.5, 0.6) is 0 Å². The van der Waals surface area contributed by atoms with Crippen LogP contribution in [0, 0.1) is 31.0 Å². The SMILES string of the molecule is Cc1cc(/C=C(\C#N)C(=O)c2ccc(F)cc2)c(C)n1-c1nccs1. The van der Waals surface area contributed by atoms with E-state index in [-0.39, 0.29) is 11.1 Å². The molecule has 124 valence electrons. The van der Waals surface area contributed by atoms with Crippen molar-refractivity contribution in [1.82, 2.24) is 9.55 Å². The molecular weight excluding hydrogens is 337 g/mol. The summed E-state index contributed by atoms with van der Waals surface area (Å²) in [5.41, 5.74) is 2.92. The number of hydrogen-bond acceptors (Lipinski definition) is 4. The normalized spacial score (nSPS) is 11.4. The van der Waals surface area contributed by atoms with Gasteiger partial charge in [-0.3, -0.25) is 9.36 Å². The second-order valence-corrected chi connectivity index (χ2v) is 6.36. The summed E-state index contributed by atoms with van der Waals surface area (Å²) in [5.74, 6) is -0.854. The van der Waals surface area contributed by atoms with Gasteiger partial charge in [0.1, 0.15) is 17.5 Å². The first kappa shape index (κ1) is 16.8. The van der Waals surface area contributed by atoms with E-state index in [2.05, 4.69) is 4.98 Å². The van der Waals surface area contributed by atoms with E-state index < -0.39 is 11.6 Å². The largest absolute Gasteiger partial charge is 0.294 e. The van der Waals surface area contributed by atoms with E-state index in [0.717, 1.165) is 22.1 Å². The molecule has 0 aliphatic carbocycles. The van der Waals surface area contributed by atoms with Crippen LogP contribution in [-0.4, -0.2) is 15.3 Å². The third kappa shape index (κ3) is 3.28. The Morgan fingerprint density at radius 1 is 1.32 bits per heavy atom. The smallest absolute Gasteiger partial charge is 0.203 e. The Morgan fingerprint density at radius 3 is 2.64 bits per heavy atom. The van der Waals surface area contributed by atoms with Gasteiger partial charge in [0.05, 0.1) is 0 Å². The summed E-state index contributed by atoms with van der Waals surface area (Å²) in [4.78, 5) is 16.8. The lowest BCUT2D eigenvalue weighted by atomic mass is 10.0. The van der Waals surface area contributed by atoms with Gasteiger partial charge in [-0.25, -0.2) is 9.37 Å². The minimum atomic E-state index is -0.429. The van der Waals surface area contributed by atoms with Crippen molar-refractivity contribution < 1.29 is 9.18 Å². The zero-order valence-corrected chi connectivity index (χ0v) is 14.5. The van der Waals surface area contributed by atoms with E-state index in [1.54, 1.807) is 12.3 Å². The molecule has 1 aromatic carbocycles. The number of halogens is 1. The first-order valence-electron chi connectivity index (χ1n) is 7.52. The first-order chi connectivity index (χ1) is 12.0. The highest BCUT2D eigenvalue weighted by Gasteiger charge is 2.16. The maximum atomic E-state index is 13.0. The van der Waals surface area contributed by atoms with Crippen molar-refractivity contribution in [3.63, 3.8) is 0 Å². The molecule has 0 unspecified atom stereocenters. The molecule has 0 saturated heterocycles. The number of aromatic nitrogens is 2. The molecule has 0 spiro atoms. The maximum Gasteiger partial charge on any atom is 0.203 e. The third-order valence-corrected chi connectivity index (χ3v) is 4.61. The second kappa shape index (κ2) is 6.83. The summed E-state index contributed by atoms with van der Waals surface area (Å²) in [6.45, 7) is 3.86. The number of nitriles is 1. The van der Waals surface area contributed by atoms with Crippen LogP contribution in [0.15, 0.2) is 47.5 Å². The Morgan fingerprint density at radius 2 is 2.04 bits per heavy atom. The van der Waals surface area contributed by atoms with Gasteiger partial charge in [0.2, 0.25) is 5.78 Å². The molecule has 2 aromatic heterocycles. The molecule has 0 aliphatic heterocycles. The van der Waals surface area contributed by atoms with Crippen molar-refractivity contribution in [3.05, 3.63) is 75.8 Å². The molecule has 0 N–H and O–H groups in total. The molecule has 2 heterocycles. The molecule has 25 heavy (non-hydrogen) atoms. The fraction of sp³-hybridized carbons (Fsp3) is 0.105. The van der Waals surface area contributed by atoms with Gasteiger partial charge in [-0.2, -0.15) is 5.26 Å². The third-order valence-electron chi connectivity index (χ3n) is 3.85. The van der Waals surface area contributed by atoms with Crippen molar-refractivity contribution in [1.29, 1.82) is 5.26 Å². The van der Waals surface area contributed by atoms with Gasteiger partial charge >= 0.3 is 0 Å². The number of aryl methyl sites for hydroxylation is 1. The van der Waals surface area contributed by atoms with Crippen molar-refractivity contribution in [3.8, 4) is 11.2 Å². The predicted molar refractivity (Wildman–Crippen MR) is 95.2 cm³/mol. The van der Waals surface area contributed by atoms with Crippen molar-refractivity contribution in [2.75, 3.05) is 0 Å². The van der Waals surface area contributed by atoms with Crippen LogP contribution in [0.2, 0.25) is 0 Å². The van der Waals surface area contributed by atoms with Crippen molar-refractivity contribution in [2.24, 2.45) is 0 Å². The van der Waals surface area contributed by atoms with Crippen molar-refractivity contribution in [2.45, 2.75) is 13.8 Å². The van der Waals surface area contributed by atoms with Gasteiger partial charge in [0.15, 0.2) is 5.13 Å². The van der Waals surface area contributed by atoms with Crippen LogP contribution >= 0.6 is 11.3 Å². The topological polar surface area (TPSA) is 58.7 Å². The molecule has 0 bridgehead atoms. The van der Waals surface area contributed by atoms with Crippen LogP contribution in [0.4, 0.5) is 4.39 Å². The molecule has 0 saturated carbocycles. The van der Waals surface area contributed by atoms with E-state index in [1.807, 2.05) is 35.9 Å². The highest BCUT2D eigenvalue weighted by Crippen LogP contribution is 2.24. The molecule has 0 amide bonds. The average molecular weight is 351 g/mol. The predicted octanol–water partition coefficient (Wildman–Crippen LogP) is 4.48. The van der Waals surface area contributed by atoms with E-state index in [4.69, 9.17) is 0 Å². The van der Waals surface area contributed by atoms with Crippen LogP contribution in [0.1, 0.15) is 27.3 Å². The fourth-order valence-electron chi connectivity index (χ4n) is 2.62. The highest BCUT2D eigenvalue weighted by molar-refractivity contribution is 7.12. The zero-order valence-electron chi connectivity index (χ0n) is 13.7. The monoisotopic (exact) mass is 351 g/mol. The number of carbonyl (C=O) groups excluding carboxylic acids is 1. The van der Waals surface area contributed by atoms with Crippen LogP contribution in [-0.2, 0) is 0 Å². The molecule has 6 heteroatoms. The molecule has 0 radical (unpaired) electrons. The van der Waals surface area contributed by atoms with E-state index >= 15 is 0 Å². The minimum Gasteiger partial charge on any atom is -0.294 e. The lowest BCUT2D eigenvalue weighted by molar-refractivity contribution is 0.104. The van der Waals surface area contributed by atoms with E-state index in [0.29, 0.717) is 0 Å². The molecule has 0 fully saturated rings. The Labute approximate surface area is 148 Å². The standard InChI is InChI=1S/C19H14FN3OS/c1-12-9-15(13(2)23(12)19-22-7-8-25-19)10-16(11-21)18(24)14-3-5-17(20)6-4-14/h3-10H,1-2H3/b16-10+. The van der Waals surface area contributed by atoms with Gasteiger partial charge in [0, 0.05) is 28.5 Å². The number of benzene rings is 1. The maximum absolute atomic E-state index is 13.0. The molecule has 3 aromatic rings. The number of ketones is 1. The van der Waals surface area contributed by atoms with E-state index in [9.17, 15) is 14.4 Å². The Hall–Kier alpha value is -3.04. The van der Waals surface area contributed by atoms with Gasteiger partial charge in [-0.1, -0.05) is 0 Å². The number of nitrogens with zero attached hydrogens (tertiary/aromatic N) is 3. The Kier molecular flexibility index (Phi) is 4.59. The summed E-state index contributed by atoms with van der Waals surface area (Å²) >= 11 is 1.51. The van der Waals surface area contributed by atoms with Crippen LogP contribution in [0.25, 0.3) is 11.2 Å². The fourth-order valence-corrected chi connectivity index (χ4v) is 3.37. The quantitative estimate of drug-likeness (QED) is 0.396. The van der Waals surface area contributed by atoms with Gasteiger partial charge in [-0.05, 0) is 55.8 Å². The zero-order chi connectivity index (χ0) is 18.0. The molecule has 0 aliphatic rings. The summed E-state index contributed by atoms with van der Waals surface area (Å²) in [5, 5.41) is 12.1.